The molecule has 0 aliphatic rings. The smallest absolute Gasteiger partial charge is 0.337 e. The fraction of sp³-hybridized carbons (Fsp3) is 0.263. The molecule has 26 heavy (non-hydrogen) atoms. The Bertz CT molecular complexity index is 715. The van der Waals surface area contributed by atoms with Gasteiger partial charge in [-0.2, -0.15) is 0 Å². The van der Waals surface area contributed by atoms with Gasteiger partial charge in [-0.25, -0.2) is 10.2 Å². The highest BCUT2D eigenvalue weighted by Crippen LogP contribution is 2.15. The highest BCUT2D eigenvalue weighted by molar-refractivity contribution is 5.91. The third-order valence-corrected chi connectivity index (χ3v) is 3.44. The van der Waals surface area contributed by atoms with Crippen LogP contribution in [0.1, 0.15) is 19.4 Å². The second-order valence-electron chi connectivity index (χ2n) is 5.37. The van der Waals surface area contributed by atoms with Gasteiger partial charge in [0.15, 0.2) is 6.61 Å². The lowest BCUT2D eigenvalue weighted by molar-refractivity contribution is -0.123. The van der Waals surface area contributed by atoms with Crippen LogP contribution in [0.5, 0.6) is 11.5 Å². The van der Waals surface area contributed by atoms with E-state index in [9.17, 15) is 9.59 Å². The molecule has 0 atom stereocenters. The van der Waals surface area contributed by atoms with Crippen molar-refractivity contribution in [3.8, 4) is 11.5 Å². The maximum atomic E-state index is 11.8. The number of hydrogen-bond acceptors (Lipinski definition) is 4. The summed E-state index contributed by atoms with van der Waals surface area (Å²) in [6.07, 6.45) is 0.939. The number of hydrogen-bond donors (Lipinski definition) is 3. The van der Waals surface area contributed by atoms with Gasteiger partial charge in [0.2, 0.25) is 0 Å². The molecule has 2 aromatic carbocycles. The molecule has 0 aliphatic carbocycles. The topological polar surface area (TPSA) is 88.7 Å². The standard InChI is InChI=1S/C19H23N3O4/c1-3-14-5-9-17(10-6-14)26-13-18(23)21-22-19(24)20-15-7-11-16(12-8-15)25-4-2/h5-12H,3-4,13H2,1-2H3,(H,21,23)(H2,20,22,24). The van der Waals surface area contributed by atoms with Crippen LogP contribution < -0.4 is 25.6 Å². The molecule has 0 unspecified atom stereocenters. The second-order valence-corrected chi connectivity index (χ2v) is 5.37. The van der Waals surface area contributed by atoms with Crippen molar-refractivity contribution in [2.45, 2.75) is 20.3 Å². The summed E-state index contributed by atoms with van der Waals surface area (Å²) in [4.78, 5) is 23.5. The number of benzene rings is 2. The summed E-state index contributed by atoms with van der Waals surface area (Å²) in [6.45, 7) is 4.33. The number of hydrazine groups is 1. The molecule has 3 amide bonds. The van der Waals surface area contributed by atoms with Crippen molar-refractivity contribution in [1.82, 2.24) is 10.9 Å². The Hall–Kier alpha value is -3.22. The predicted octanol–water partition coefficient (Wildman–Crippen LogP) is 2.88. The number of amides is 3. The number of anilines is 1. The van der Waals surface area contributed by atoms with E-state index in [0.29, 0.717) is 18.0 Å². The number of rotatable bonds is 7. The first-order valence-electron chi connectivity index (χ1n) is 8.41. The van der Waals surface area contributed by atoms with E-state index in [0.717, 1.165) is 12.2 Å². The van der Waals surface area contributed by atoms with Gasteiger partial charge >= 0.3 is 6.03 Å². The molecule has 7 heteroatoms. The van der Waals surface area contributed by atoms with Crippen LogP contribution in [0.2, 0.25) is 0 Å². The minimum atomic E-state index is -0.560. The predicted molar refractivity (Wildman–Crippen MR) is 99.2 cm³/mol. The van der Waals surface area contributed by atoms with Gasteiger partial charge in [-0.3, -0.25) is 10.2 Å². The average molecular weight is 357 g/mol. The van der Waals surface area contributed by atoms with Gasteiger partial charge in [-0.15, -0.1) is 0 Å². The Balaban J connectivity index is 1.69. The minimum absolute atomic E-state index is 0.200. The summed E-state index contributed by atoms with van der Waals surface area (Å²) >= 11 is 0. The molecule has 138 valence electrons. The number of ether oxygens (including phenoxy) is 2. The molecular weight excluding hydrogens is 334 g/mol. The minimum Gasteiger partial charge on any atom is -0.494 e. The summed E-state index contributed by atoms with van der Waals surface area (Å²) in [7, 11) is 0. The molecule has 0 radical (unpaired) electrons. The molecule has 7 nitrogen and oxygen atoms in total. The number of carbonyl (C=O) groups excluding carboxylic acids is 2. The van der Waals surface area contributed by atoms with Gasteiger partial charge in [0.05, 0.1) is 6.61 Å². The fourth-order valence-corrected chi connectivity index (χ4v) is 2.10. The summed E-state index contributed by atoms with van der Waals surface area (Å²) < 4.78 is 10.7. The zero-order chi connectivity index (χ0) is 18.8. The van der Waals surface area contributed by atoms with Crippen molar-refractivity contribution in [2.24, 2.45) is 0 Å². The lowest BCUT2D eigenvalue weighted by atomic mass is 10.2. The zero-order valence-electron chi connectivity index (χ0n) is 14.9. The Morgan fingerprint density at radius 1 is 0.846 bits per heavy atom. The summed E-state index contributed by atoms with van der Waals surface area (Å²) in [5.74, 6) is 0.846. The molecule has 0 saturated heterocycles. The molecule has 0 saturated carbocycles. The van der Waals surface area contributed by atoms with Crippen molar-refractivity contribution < 1.29 is 19.1 Å². The number of aryl methyl sites for hydroxylation is 1. The first kappa shape index (κ1) is 19.1. The SMILES string of the molecule is CCOc1ccc(NC(=O)NNC(=O)COc2ccc(CC)cc2)cc1. The van der Waals surface area contributed by atoms with Crippen molar-refractivity contribution in [2.75, 3.05) is 18.5 Å². The van der Waals surface area contributed by atoms with Crippen LogP contribution in [0.3, 0.4) is 0 Å². The molecule has 0 aromatic heterocycles. The van der Waals surface area contributed by atoms with E-state index in [1.54, 1.807) is 36.4 Å². The highest BCUT2D eigenvalue weighted by atomic mass is 16.5. The third kappa shape index (κ3) is 6.35. The van der Waals surface area contributed by atoms with Crippen LogP contribution in [-0.2, 0) is 11.2 Å². The molecule has 2 aromatic rings. The molecule has 0 aliphatic heterocycles. The Morgan fingerprint density at radius 3 is 2.08 bits per heavy atom. The van der Waals surface area contributed by atoms with E-state index in [4.69, 9.17) is 9.47 Å². The number of nitrogens with one attached hydrogen (secondary N) is 3. The van der Waals surface area contributed by atoms with Crippen molar-refractivity contribution in [1.29, 1.82) is 0 Å². The van der Waals surface area contributed by atoms with E-state index < -0.39 is 11.9 Å². The van der Waals surface area contributed by atoms with Gasteiger partial charge in [-0.1, -0.05) is 19.1 Å². The second kappa shape index (κ2) is 9.93. The van der Waals surface area contributed by atoms with E-state index in [1.165, 1.54) is 5.56 Å². The Kier molecular flexibility index (Phi) is 7.30. The van der Waals surface area contributed by atoms with Crippen molar-refractivity contribution in [3.63, 3.8) is 0 Å². The van der Waals surface area contributed by atoms with E-state index in [-0.39, 0.29) is 6.61 Å². The van der Waals surface area contributed by atoms with Gasteiger partial charge in [0, 0.05) is 5.69 Å². The van der Waals surface area contributed by atoms with Gasteiger partial charge < -0.3 is 14.8 Å². The monoisotopic (exact) mass is 357 g/mol. The highest BCUT2D eigenvalue weighted by Gasteiger charge is 2.06. The van der Waals surface area contributed by atoms with Crippen LogP contribution in [0.25, 0.3) is 0 Å². The molecule has 0 spiro atoms. The summed E-state index contributed by atoms with van der Waals surface area (Å²) in [5.41, 5.74) is 6.31. The van der Waals surface area contributed by atoms with Gasteiger partial charge in [0.25, 0.3) is 5.91 Å². The van der Waals surface area contributed by atoms with E-state index in [1.807, 2.05) is 19.1 Å². The maximum absolute atomic E-state index is 11.8. The van der Waals surface area contributed by atoms with Crippen molar-refractivity contribution in [3.05, 3.63) is 54.1 Å². The Labute approximate surface area is 152 Å². The fourth-order valence-electron chi connectivity index (χ4n) is 2.10. The summed E-state index contributed by atoms with van der Waals surface area (Å²) in [6, 6.07) is 13.8. The molecule has 0 fully saturated rings. The van der Waals surface area contributed by atoms with E-state index >= 15 is 0 Å². The third-order valence-electron chi connectivity index (χ3n) is 3.44. The van der Waals surface area contributed by atoms with Crippen molar-refractivity contribution >= 4 is 17.6 Å². The molecule has 0 heterocycles. The first-order chi connectivity index (χ1) is 12.6. The molecule has 3 N–H and O–H groups in total. The largest absolute Gasteiger partial charge is 0.494 e. The molecular formula is C19H23N3O4. The maximum Gasteiger partial charge on any atom is 0.337 e. The molecule has 2 rings (SSSR count). The van der Waals surface area contributed by atoms with Crippen LogP contribution in [-0.4, -0.2) is 25.2 Å². The lowest BCUT2D eigenvalue weighted by Gasteiger charge is -2.10. The van der Waals surface area contributed by atoms with Crippen LogP contribution >= 0.6 is 0 Å². The lowest BCUT2D eigenvalue weighted by Crippen LogP contribution is -2.45. The van der Waals surface area contributed by atoms with E-state index in [2.05, 4.69) is 23.1 Å². The zero-order valence-corrected chi connectivity index (χ0v) is 14.9. The number of urea groups is 1. The number of carbonyl (C=O) groups is 2. The molecule has 0 bridgehead atoms. The van der Waals surface area contributed by atoms with Gasteiger partial charge in [0.1, 0.15) is 11.5 Å². The average Bonchev–Trinajstić information content (AvgIpc) is 2.67. The summed E-state index contributed by atoms with van der Waals surface area (Å²) in [5, 5.41) is 2.59. The van der Waals surface area contributed by atoms with Crippen LogP contribution in [0, 0.1) is 0 Å². The first-order valence-corrected chi connectivity index (χ1v) is 8.41. The van der Waals surface area contributed by atoms with Crippen LogP contribution in [0.4, 0.5) is 10.5 Å². The quantitative estimate of drug-likeness (QED) is 0.665. The van der Waals surface area contributed by atoms with Crippen LogP contribution in [0.15, 0.2) is 48.5 Å². The Morgan fingerprint density at radius 2 is 1.46 bits per heavy atom. The van der Waals surface area contributed by atoms with Gasteiger partial charge in [-0.05, 0) is 55.3 Å². The normalized spacial score (nSPS) is 9.92.